The number of ether oxygens (including phenoxy) is 1. The van der Waals surface area contributed by atoms with Gasteiger partial charge in [-0.1, -0.05) is 0 Å². The van der Waals surface area contributed by atoms with Crippen LogP contribution in [0.25, 0.3) is 10.9 Å². The number of aryl methyl sites for hydroxylation is 1. The fraction of sp³-hybridized carbons (Fsp3) is 0.458. The van der Waals surface area contributed by atoms with Crippen LogP contribution in [-0.2, 0) is 9.53 Å². The maximum Gasteiger partial charge on any atom is 0.339 e. The smallest absolute Gasteiger partial charge is 0.339 e. The minimum absolute atomic E-state index is 0.0507. The zero-order valence-corrected chi connectivity index (χ0v) is 20.1. The molecule has 35 heavy (non-hydrogen) atoms. The topological polar surface area (TPSA) is 137 Å². The first-order valence-corrected chi connectivity index (χ1v) is 11.8. The van der Waals surface area contributed by atoms with Crippen LogP contribution in [0.15, 0.2) is 24.4 Å². The SMILES string of the molecule is CNC(=O)CN1[C@@H]2CC[C@H]1CC(Nc1nc(Nc3cc(C)[nH]n3)cc3ncc(C(=O)OC)cc13)C2. The van der Waals surface area contributed by atoms with Crippen LogP contribution in [0.1, 0.15) is 41.7 Å². The standard InChI is InChI=1S/C24H30N8O3/c1-13-6-21(31-30-13)28-20-10-19-18(7-14(11-26-19)24(34)35-3)23(29-20)27-15-8-16-4-5-17(9-15)32(16)12-22(33)25-2/h6-7,10-11,15-17H,4-5,8-9,12H2,1-3H3,(H,25,33)(H3,27,28,29,30,31)/t15?,16-,17+. The third-order valence-electron chi connectivity index (χ3n) is 6.89. The minimum atomic E-state index is -0.444. The Balaban J connectivity index is 1.44. The van der Waals surface area contributed by atoms with Crippen molar-refractivity contribution in [1.29, 1.82) is 0 Å². The second kappa shape index (κ2) is 9.49. The number of methoxy groups -OCH3 is 1. The Kier molecular flexibility index (Phi) is 6.25. The van der Waals surface area contributed by atoms with Gasteiger partial charge in [0.25, 0.3) is 0 Å². The molecule has 0 radical (unpaired) electrons. The Morgan fingerprint density at radius 3 is 2.60 bits per heavy atom. The van der Waals surface area contributed by atoms with Crippen LogP contribution in [0.5, 0.6) is 0 Å². The van der Waals surface area contributed by atoms with E-state index in [0.717, 1.165) is 36.8 Å². The molecule has 2 fully saturated rings. The van der Waals surface area contributed by atoms with Crippen molar-refractivity contribution in [2.24, 2.45) is 0 Å². The van der Waals surface area contributed by atoms with Gasteiger partial charge in [-0.15, -0.1) is 0 Å². The van der Waals surface area contributed by atoms with Crippen LogP contribution in [0.2, 0.25) is 0 Å². The molecule has 1 unspecified atom stereocenters. The molecule has 2 aliphatic heterocycles. The highest BCUT2D eigenvalue weighted by Crippen LogP contribution is 2.37. The number of anilines is 3. The lowest BCUT2D eigenvalue weighted by Gasteiger charge is -2.39. The van der Waals surface area contributed by atoms with E-state index < -0.39 is 5.97 Å². The molecule has 5 heterocycles. The monoisotopic (exact) mass is 478 g/mol. The Morgan fingerprint density at radius 2 is 1.94 bits per heavy atom. The maximum absolute atomic E-state index is 12.1. The summed E-state index contributed by atoms with van der Waals surface area (Å²) in [6.45, 7) is 2.37. The second-order valence-electron chi connectivity index (χ2n) is 9.24. The highest BCUT2D eigenvalue weighted by Gasteiger charge is 2.41. The largest absolute Gasteiger partial charge is 0.465 e. The number of nitrogens with zero attached hydrogens (tertiary/aromatic N) is 4. The number of hydrogen-bond donors (Lipinski definition) is 4. The second-order valence-corrected chi connectivity index (χ2v) is 9.24. The summed E-state index contributed by atoms with van der Waals surface area (Å²) in [6.07, 6.45) is 5.51. The van der Waals surface area contributed by atoms with Gasteiger partial charge in [-0.2, -0.15) is 5.10 Å². The molecule has 3 aromatic rings. The number of aromatic amines is 1. The fourth-order valence-electron chi connectivity index (χ4n) is 5.23. The van der Waals surface area contributed by atoms with Crippen molar-refractivity contribution in [2.45, 2.75) is 50.7 Å². The lowest BCUT2D eigenvalue weighted by atomic mass is 9.97. The average molecular weight is 479 g/mol. The van der Waals surface area contributed by atoms with Crippen LogP contribution in [0, 0.1) is 6.92 Å². The number of fused-ring (bicyclic) bond motifs is 3. The van der Waals surface area contributed by atoms with Crippen LogP contribution in [-0.4, -0.2) is 75.8 Å². The third-order valence-corrected chi connectivity index (χ3v) is 6.89. The first-order valence-electron chi connectivity index (χ1n) is 11.8. The summed E-state index contributed by atoms with van der Waals surface area (Å²) in [6, 6.07) is 6.39. The summed E-state index contributed by atoms with van der Waals surface area (Å²) in [5, 5.41) is 17.5. The van der Waals surface area contributed by atoms with E-state index in [1.165, 1.54) is 13.3 Å². The van der Waals surface area contributed by atoms with Gasteiger partial charge < -0.3 is 20.7 Å². The van der Waals surface area contributed by atoms with E-state index in [4.69, 9.17) is 9.72 Å². The Morgan fingerprint density at radius 1 is 1.17 bits per heavy atom. The molecule has 184 valence electrons. The molecule has 0 spiro atoms. The third kappa shape index (κ3) is 4.76. The average Bonchev–Trinajstić information content (AvgIpc) is 3.36. The highest BCUT2D eigenvalue weighted by atomic mass is 16.5. The molecule has 5 rings (SSSR count). The predicted molar refractivity (Wildman–Crippen MR) is 132 cm³/mol. The van der Waals surface area contributed by atoms with Crippen molar-refractivity contribution >= 4 is 40.2 Å². The number of hydrogen-bond acceptors (Lipinski definition) is 9. The van der Waals surface area contributed by atoms with Gasteiger partial charge in [0.2, 0.25) is 5.91 Å². The van der Waals surface area contributed by atoms with Gasteiger partial charge in [-0.05, 0) is 38.7 Å². The van der Waals surface area contributed by atoms with Crippen molar-refractivity contribution in [3.8, 4) is 0 Å². The molecule has 0 saturated carbocycles. The number of carbonyl (C=O) groups is 2. The normalized spacial score (nSPS) is 21.6. The van der Waals surface area contributed by atoms with Crippen LogP contribution in [0.4, 0.5) is 17.5 Å². The van der Waals surface area contributed by atoms with E-state index in [0.29, 0.717) is 47.2 Å². The molecule has 11 heteroatoms. The van der Waals surface area contributed by atoms with Crippen molar-refractivity contribution in [3.05, 3.63) is 35.7 Å². The van der Waals surface area contributed by atoms with Crippen LogP contribution < -0.4 is 16.0 Å². The highest BCUT2D eigenvalue weighted by molar-refractivity contribution is 5.98. The quantitative estimate of drug-likeness (QED) is 0.377. The van der Waals surface area contributed by atoms with E-state index in [-0.39, 0.29) is 11.9 Å². The fourth-order valence-corrected chi connectivity index (χ4v) is 5.23. The lowest BCUT2D eigenvalue weighted by molar-refractivity contribution is -0.122. The molecule has 2 bridgehead atoms. The first kappa shape index (κ1) is 23.0. The molecule has 3 atom stereocenters. The zero-order valence-electron chi connectivity index (χ0n) is 20.1. The van der Waals surface area contributed by atoms with Gasteiger partial charge in [0.05, 0.1) is 24.7 Å². The molecule has 0 aromatic carbocycles. The van der Waals surface area contributed by atoms with Gasteiger partial charge >= 0.3 is 5.97 Å². The number of pyridine rings is 2. The number of aromatic nitrogens is 4. The summed E-state index contributed by atoms with van der Waals surface area (Å²) in [4.78, 5) is 35.8. The van der Waals surface area contributed by atoms with Crippen molar-refractivity contribution in [1.82, 2.24) is 30.4 Å². The molecule has 11 nitrogen and oxygen atoms in total. The van der Waals surface area contributed by atoms with E-state index in [1.807, 2.05) is 19.1 Å². The van der Waals surface area contributed by atoms with E-state index in [1.54, 1.807) is 13.1 Å². The predicted octanol–water partition coefficient (Wildman–Crippen LogP) is 2.34. The summed E-state index contributed by atoms with van der Waals surface area (Å²) >= 11 is 0. The Hall–Kier alpha value is -3.73. The maximum atomic E-state index is 12.1. The Labute approximate surface area is 203 Å². The molecule has 0 aliphatic carbocycles. The van der Waals surface area contributed by atoms with E-state index >= 15 is 0 Å². The molecule has 2 saturated heterocycles. The summed E-state index contributed by atoms with van der Waals surface area (Å²) in [5.74, 6) is 1.52. The Bertz CT molecular complexity index is 1240. The van der Waals surface area contributed by atoms with Crippen molar-refractivity contribution in [3.63, 3.8) is 0 Å². The number of likely N-dealkylation sites (N-methyl/N-ethyl adjacent to an activating group) is 1. The molecule has 2 aliphatic rings. The number of piperidine rings is 1. The van der Waals surface area contributed by atoms with Gasteiger partial charge in [0.15, 0.2) is 5.82 Å². The lowest BCUT2D eigenvalue weighted by Crippen LogP contribution is -2.50. The number of carbonyl (C=O) groups excluding carboxylic acids is 2. The number of H-pyrrole nitrogens is 1. The van der Waals surface area contributed by atoms with Crippen molar-refractivity contribution < 1.29 is 14.3 Å². The molecule has 1 amide bonds. The van der Waals surface area contributed by atoms with Gasteiger partial charge in [0, 0.05) is 54.6 Å². The van der Waals surface area contributed by atoms with E-state index in [9.17, 15) is 9.59 Å². The summed E-state index contributed by atoms with van der Waals surface area (Å²) < 4.78 is 4.89. The molecular weight excluding hydrogens is 448 g/mol. The summed E-state index contributed by atoms with van der Waals surface area (Å²) in [5.41, 5.74) is 2.00. The number of amides is 1. The van der Waals surface area contributed by atoms with Gasteiger partial charge in [0.1, 0.15) is 11.6 Å². The number of esters is 1. The zero-order chi connectivity index (χ0) is 24.5. The molecular formula is C24H30N8O3. The summed E-state index contributed by atoms with van der Waals surface area (Å²) in [7, 11) is 3.03. The van der Waals surface area contributed by atoms with Gasteiger partial charge in [-0.3, -0.25) is 19.8 Å². The van der Waals surface area contributed by atoms with Crippen LogP contribution in [0.3, 0.4) is 0 Å². The van der Waals surface area contributed by atoms with E-state index in [2.05, 4.69) is 36.0 Å². The number of rotatable bonds is 7. The minimum Gasteiger partial charge on any atom is -0.465 e. The first-order chi connectivity index (χ1) is 16.9. The number of nitrogens with one attached hydrogen (secondary N) is 4. The van der Waals surface area contributed by atoms with Crippen LogP contribution >= 0.6 is 0 Å². The van der Waals surface area contributed by atoms with Crippen molar-refractivity contribution in [2.75, 3.05) is 31.3 Å². The molecule has 3 aromatic heterocycles. The molecule has 4 N–H and O–H groups in total. The van der Waals surface area contributed by atoms with Gasteiger partial charge in [-0.25, -0.2) is 9.78 Å².